The lowest BCUT2D eigenvalue weighted by Crippen LogP contribution is -2.22. The van der Waals surface area contributed by atoms with E-state index in [0.717, 1.165) is 23.0 Å². The molecule has 3 aliphatic carbocycles. The molecule has 3 aliphatic rings. The molecule has 0 spiro atoms. The van der Waals surface area contributed by atoms with Crippen molar-refractivity contribution in [3.05, 3.63) is 23.4 Å². The molecule has 1 heterocycles. The largest absolute Gasteiger partial charge is 0.324 e. The average Bonchev–Trinajstić information content (AvgIpc) is 2.30. The zero-order valence-electron chi connectivity index (χ0n) is 7.94. The highest BCUT2D eigenvalue weighted by molar-refractivity contribution is 7.93. The summed E-state index contributed by atoms with van der Waals surface area (Å²) in [5.41, 5.74) is 2.81. The lowest BCUT2D eigenvalue weighted by Gasteiger charge is -2.38. The van der Waals surface area contributed by atoms with E-state index in [2.05, 4.69) is 11.1 Å². The molecule has 0 radical (unpaired) electrons. The van der Waals surface area contributed by atoms with Crippen molar-refractivity contribution >= 4 is 12.0 Å². The Balaban J connectivity index is 2.18. The maximum Gasteiger partial charge on any atom is 0.127 e. The molecular weight excluding hydrogens is 194 g/mol. The first-order valence-electron chi connectivity index (χ1n) is 5.20. The van der Waals surface area contributed by atoms with Gasteiger partial charge in [-0.25, -0.2) is 4.98 Å². The highest BCUT2D eigenvalue weighted by Crippen LogP contribution is 2.51. The van der Waals surface area contributed by atoms with Crippen LogP contribution in [0.1, 0.15) is 48.6 Å². The Hall–Kier alpha value is -0.540. The molecule has 1 fully saturated rings. The summed E-state index contributed by atoms with van der Waals surface area (Å²) in [6.45, 7) is 0. The highest BCUT2D eigenvalue weighted by Gasteiger charge is 2.34. The number of hydrogen-bond acceptors (Lipinski definition) is 3. The molecule has 0 unspecified atom stereocenters. The van der Waals surface area contributed by atoms with Crippen molar-refractivity contribution in [2.24, 2.45) is 0 Å². The van der Waals surface area contributed by atoms with Crippen molar-refractivity contribution < 1.29 is 4.55 Å². The Morgan fingerprint density at radius 1 is 1.21 bits per heavy atom. The molecule has 14 heavy (non-hydrogen) atoms. The predicted molar refractivity (Wildman–Crippen MR) is 56.7 cm³/mol. The summed E-state index contributed by atoms with van der Waals surface area (Å²) >= 11 is 0.812. The SMILES string of the molecule is OSc1nccc2c1C1CCC2CC1. The number of aromatic nitrogens is 1. The van der Waals surface area contributed by atoms with Crippen LogP contribution in [0, 0.1) is 0 Å². The van der Waals surface area contributed by atoms with Gasteiger partial charge in [-0.15, -0.1) is 0 Å². The molecule has 1 aromatic rings. The monoisotopic (exact) mass is 207 g/mol. The van der Waals surface area contributed by atoms with Gasteiger partial charge >= 0.3 is 0 Å². The summed E-state index contributed by atoms with van der Waals surface area (Å²) in [6, 6.07) is 2.14. The number of rotatable bonds is 1. The van der Waals surface area contributed by atoms with Crippen molar-refractivity contribution in [3.63, 3.8) is 0 Å². The van der Waals surface area contributed by atoms with Gasteiger partial charge in [0.15, 0.2) is 0 Å². The number of nitrogens with zero attached hydrogens (tertiary/aromatic N) is 1. The van der Waals surface area contributed by atoms with Gasteiger partial charge in [0.05, 0.1) is 0 Å². The van der Waals surface area contributed by atoms with Crippen LogP contribution in [0.2, 0.25) is 0 Å². The molecule has 1 aromatic heterocycles. The van der Waals surface area contributed by atoms with Crippen LogP contribution >= 0.6 is 12.0 Å². The van der Waals surface area contributed by atoms with E-state index in [0.29, 0.717) is 5.92 Å². The van der Waals surface area contributed by atoms with E-state index in [9.17, 15) is 4.55 Å². The molecule has 74 valence electrons. The summed E-state index contributed by atoms with van der Waals surface area (Å²) in [4.78, 5) is 4.24. The third-order valence-electron chi connectivity index (χ3n) is 3.65. The summed E-state index contributed by atoms with van der Waals surface area (Å²) in [6.07, 6.45) is 7.07. The molecule has 4 rings (SSSR count). The number of hydrogen-bond donors (Lipinski definition) is 1. The van der Waals surface area contributed by atoms with Gasteiger partial charge in [0.1, 0.15) is 5.03 Å². The predicted octanol–water partition coefficient (Wildman–Crippen LogP) is 3.40. The van der Waals surface area contributed by atoms with E-state index >= 15 is 0 Å². The van der Waals surface area contributed by atoms with Gasteiger partial charge in [-0.2, -0.15) is 0 Å². The van der Waals surface area contributed by atoms with Crippen molar-refractivity contribution in [2.75, 3.05) is 0 Å². The van der Waals surface area contributed by atoms with E-state index < -0.39 is 0 Å². The molecule has 2 bridgehead atoms. The number of pyridine rings is 1. The highest BCUT2D eigenvalue weighted by atomic mass is 32.2. The first-order chi connectivity index (χ1) is 6.90. The van der Waals surface area contributed by atoms with Crippen molar-refractivity contribution in [1.29, 1.82) is 0 Å². The average molecular weight is 207 g/mol. The minimum atomic E-state index is 0.665. The zero-order valence-corrected chi connectivity index (χ0v) is 8.76. The fraction of sp³-hybridized carbons (Fsp3) is 0.545. The molecule has 0 saturated heterocycles. The van der Waals surface area contributed by atoms with Crippen LogP contribution in [0.5, 0.6) is 0 Å². The van der Waals surface area contributed by atoms with E-state index in [1.165, 1.54) is 36.8 Å². The number of fused-ring (bicyclic) bond motifs is 2. The second-order valence-corrected chi connectivity index (χ2v) is 4.83. The molecule has 2 nitrogen and oxygen atoms in total. The van der Waals surface area contributed by atoms with E-state index in [1.54, 1.807) is 0 Å². The van der Waals surface area contributed by atoms with Gasteiger partial charge < -0.3 is 4.55 Å². The maximum absolute atomic E-state index is 9.18. The van der Waals surface area contributed by atoms with Crippen molar-refractivity contribution in [2.45, 2.75) is 42.5 Å². The fourth-order valence-corrected chi connectivity index (χ4v) is 3.49. The van der Waals surface area contributed by atoms with Gasteiger partial charge in [0.25, 0.3) is 0 Å². The Labute approximate surface area is 88.0 Å². The van der Waals surface area contributed by atoms with Crippen LogP contribution in [0.25, 0.3) is 0 Å². The first kappa shape index (κ1) is 8.74. The second kappa shape index (κ2) is 3.24. The smallest absolute Gasteiger partial charge is 0.127 e. The minimum absolute atomic E-state index is 0.665. The van der Waals surface area contributed by atoms with Gasteiger partial charge in [-0.05, 0) is 54.7 Å². The third kappa shape index (κ3) is 1.12. The van der Waals surface area contributed by atoms with E-state index in [4.69, 9.17) is 0 Å². The Morgan fingerprint density at radius 3 is 2.64 bits per heavy atom. The normalized spacial score (nSPS) is 28.9. The Kier molecular flexibility index (Phi) is 2.03. The summed E-state index contributed by atoms with van der Waals surface area (Å²) in [7, 11) is 0. The fourth-order valence-electron chi connectivity index (χ4n) is 3.00. The van der Waals surface area contributed by atoms with Gasteiger partial charge in [0.2, 0.25) is 0 Å². The molecule has 0 atom stereocenters. The molecule has 1 saturated carbocycles. The van der Waals surface area contributed by atoms with Gasteiger partial charge in [0, 0.05) is 18.2 Å². The summed E-state index contributed by atoms with van der Waals surface area (Å²) in [5, 5.41) is 0.844. The standard InChI is InChI=1S/C11H13NOS/c13-14-11-10-8-3-1-7(2-4-8)9(10)5-6-12-11/h5-8,13H,1-4H2. The topological polar surface area (TPSA) is 33.1 Å². The Bertz CT molecular complexity index is 358. The van der Waals surface area contributed by atoms with Crippen LogP contribution in [0.15, 0.2) is 17.3 Å². The van der Waals surface area contributed by atoms with Gasteiger partial charge in [-0.3, -0.25) is 0 Å². The summed E-state index contributed by atoms with van der Waals surface area (Å²) < 4.78 is 9.18. The molecule has 0 aliphatic heterocycles. The van der Waals surface area contributed by atoms with Crippen molar-refractivity contribution in [1.82, 2.24) is 4.98 Å². The lowest BCUT2D eigenvalue weighted by atomic mass is 9.68. The second-order valence-electron chi connectivity index (χ2n) is 4.26. The van der Waals surface area contributed by atoms with Crippen LogP contribution in [0.4, 0.5) is 0 Å². The van der Waals surface area contributed by atoms with Crippen LogP contribution in [0.3, 0.4) is 0 Å². The Morgan fingerprint density at radius 2 is 1.93 bits per heavy atom. The van der Waals surface area contributed by atoms with E-state index in [-0.39, 0.29) is 0 Å². The van der Waals surface area contributed by atoms with Crippen LogP contribution in [-0.4, -0.2) is 9.54 Å². The zero-order chi connectivity index (χ0) is 9.54. The van der Waals surface area contributed by atoms with Crippen LogP contribution < -0.4 is 0 Å². The lowest BCUT2D eigenvalue weighted by molar-refractivity contribution is 0.351. The van der Waals surface area contributed by atoms with Crippen LogP contribution in [-0.2, 0) is 0 Å². The van der Waals surface area contributed by atoms with Gasteiger partial charge in [-0.1, -0.05) is 0 Å². The third-order valence-corrected chi connectivity index (χ3v) is 4.15. The van der Waals surface area contributed by atoms with E-state index in [1.807, 2.05) is 6.20 Å². The first-order valence-corrected chi connectivity index (χ1v) is 5.97. The maximum atomic E-state index is 9.18. The molecule has 0 amide bonds. The minimum Gasteiger partial charge on any atom is -0.324 e. The molecule has 1 N–H and O–H groups in total. The molecule has 0 aromatic carbocycles. The quantitative estimate of drug-likeness (QED) is 0.716. The van der Waals surface area contributed by atoms with Crippen molar-refractivity contribution in [3.8, 4) is 0 Å². The summed E-state index contributed by atoms with van der Waals surface area (Å²) in [5.74, 6) is 1.40. The molecular formula is C11H13NOS. The molecule has 3 heteroatoms.